The van der Waals surface area contributed by atoms with Gasteiger partial charge in [-0.25, -0.2) is 0 Å². The largest absolute Gasteiger partial charge is 0.300 e. The van der Waals surface area contributed by atoms with Gasteiger partial charge in [-0.2, -0.15) is 0 Å². The van der Waals surface area contributed by atoms with E-state index in [9.17, 15) is 14.9 Å². The summed E-state index contributed by atoms with van der Waals surface area (Å²) in [4.78, 5) is 22.0. The molecule has 0 aromatic rings. The molecular formula is C11H19NO3. The Kier molecular flexibility index (Phi) is 4.72. The number of nitrogens with zero attached hydrogens (tertiary/aromatic N) is 1. The number of hydrogen-bond donors (Lipinski definition) is 0. The Balaban J connectivity index is 2.53. The minimum absolute atomic E-state index is 0.00667. The second-order valence-electron chi connectivity index (χ2n) is 4.39. The van der Waals surface area contributed by atoms with E-state index in [2.05, 4.69) is 0 Å². The maximum atomic E-state index is 11.3. The zero-order valence-electron chi connectivity index (χ0n) is 9.28. The van der Waals surface area contributed by atoms with Gasteiger partial charge < -0.3 is 0 Å². The second kappa shape index (κ2) is 5.83. The lowest BCUT2D eigenvalue weighted by atomic mass is 9.82. The number of carbonyl (C=O) groups is 1. The topological polar surface area (TPSA) is 60.2 Å². The second-order valence-corrected chi connectivity index (χ2v) is 4.39. The maximum Gasteiger partial charge on any atom is 0.216 e. The molecule has 4 heteroatoms. The van der Waals surface area contributed by atoms with Crippen LogP contribution in [-0.2, 0) is 4.79 Å². The lowest BCUT2D eigenvalue weighted by Gasteiger charge is -2.23. The molecule has 0 aliphatic heterocycles. The third-order valence-corrected chi connectivity index (χ3v) is 3.19. The van der Waals surface area contributed by atoms with Crippen LogP contribution in [0.4, 0.5) is 0 Å². The lowest BCUT2D eigenvalue weighted by Crippen LogP contribution is -2.33. The molecule has 0 radical (unpaired) electrons. The smallest absolute Gasteiger partial charge is 0.216 e. The van der Waals surface area contributed by atoms with Crippen molar-refractivity contribution < 1.29 is 9.72 Å². The first-order valence-corrected chi connectivity index (χ1v) is 5.80. The minimum atomic E-state index is -0.491. The van der Waals surface area contributed by atoms with E-state index in [4.69, 9.17) is 0 Å². The fraction of sp³-hybridized carbons (Fsp3) is 0.909. The molecule has 1 aliphatic rings. The first kappa shape index (κ1) is 12.1. The van der Waals surface area contributed by atoms with E-state index in [1.54, 1.807) is 0 Å². The number of unbranched alkanes of at least 4 members (excludes halogenated alkanes) is 1. The first-order valence-electron chi connectivity index (χ1n) is 5.80. The van der Waals surface area contributed by atoms with Crippen LogP contribution in [0.3, 0.4) is 0 Å². The Labute approximate surface area is 90.2 Å². The van der Waals surface area contributed by atoms with Gasteiger partial charge in [-0.05, 0) is 19.3 Å². The van der Waals surface area contributed by atoms with Crippen LogP contribution >= 0.6 is 0 Å². The van der Waals surface area contributed by atoms with Gasteiger partial charge >= 0.3 is 0 Å². The number of ketones is 1. The van der Waals surface area contributed by atoms with Crippen molar-refractivity contribution in [1.29, 1.82) is 0 Å². The molecule has 0 aromatic carbocycles. The zero-order chi connectivity index (χ0) is 11.3. The summed E-state index contributed by atoms with van der Waals surface area (Å²) in [5, 5.41) is 10.9. The molecule has 0 bridgehead atoms. The molecule has 2 atom stereocenters. The van der Waals surface area contributed by atoms with Crippen LogP contribution < -0.4 is 0 Å². The van der Waals surface area contributed by atoms with E-state index in [1.165, 1.54) is 0 Å². The molecule has 0 N–H and O–H groups in total. The normalized spacial score (nSPS) is 23.8. The van der Waals surface area contributed by atoms with Gasteiger partial charge in [-0.15, -0.1) is 0 Å². The molecule has 0 aromatic heterocycles. The van der Waals surface area contributed by atoms with Crippen molar-refractivity contribution in [1.82, 2.24) is 0 Å². The maximum absolute atomic E-state index is 11.3. The molecule has 0 amide bonds. The lowest BCUT2D eigenvalue weighted by molar-refractivity contribution is -0.533. The summed E-state index contributed by atoms with van der Waals surface area (Å²) in [5.41, 5.74) is 0. The van der Waals surface area contributed by atoms with Gasteiger partial charge in [0, 0.05) is 30.1 Å². The summed E-state index contributed by atoms with van der Waals surface area (Å²) in [6, 6.07) is -0.491. The molecule has 1 fully saturated rings. The van der Waals surface area contributed by atoms with Crippen LogP contribution in [-0.4, -0.2) is 16.7 Å². The van der Waals surface area contributed by atoms with Crippen LogP contribution in [0.5, 0.6) is 0 Å². The molecule has 15 heavy (non-hydrogen) atoms. The molecule has 86 valence electrons. The summed E-state index contributed by atoms with van der Waals surface area (Å²) >= 11 is 0. The number of carbonyl (C=O) groups excluding carboxylic acids is 1. The zero-order valence-corrected chi connectivity index (χ0v) is 9.28. The van der Waals surface area contributed by atoms with Crippen molar-refractivity contribution in [3.63, 3.8) is 0 Å². The standard InChI is InChI=1S/C11H19NO3/c1-2-3-7-11(12(14)15)9-5-4-6-10(13)8-9/h9,11H,2-8H2,1H3. The summed E-state index contributed by atoms with van der Waals surface area (Å²) < 4.78 is 0. The van der Waals surface area contributed by atoms with Crippen LogP contribution in [0.1, 0.15) is 51.9 Å². The van der Waals surface area contributed by atoms with Crippen molar-refractivity contribution in [3.8, 4) is 0 Å². The molecule has 1 saturated carbocycles. The first-order chi connectivity index (χ1) is 7.15. The van der Waals surface area contributed by atoms with Gasteiger partial charge in [0.1, 0.15) is 5.78 Å². The number of nitro groups is 1. The Hall–Kier alpha value is -0.930. The Morgan fingerprint density at radius 3 is 2.87 bits per heavy atom. The van der Waals surface area contributed by atoms with E-state index in [0.717, 1.165) is 25.7 Å². The van der Waals surface area contributed by atoms with Gasteiger partial charge in [-0.3, -0.25) is 14.9 Å². The number of hydrogen-bond acceptors (Lipinski definition) is 3. The van der Waals surface area contributed by atoms with Crippen molar-refractivity contribution in [2.45, 2.75) is 57.9 Å². The van der Waals surface area contributed by atoms with Crippen LogP contribution in [0.15, 0.2) is 0 Å². The minimum Gasteiger partial charge on any atom is -0.300 e. The van der Waals surface area contributed by atoms with Crippen molar-refractivity contribution in [2.75, 3.05) is 0 Å². The molecule has 0 saturated heterocycles. The Morgan fingerprint density at radius 2 is 2.33 bits per heavy atom. The molecule has 4 nitrogen and oxygen atoms in total. The quantitative estimate of drug-likeness (QED) is 0.521. The summed E-state index contributed by atoms with van der Waals surface area (Å²) in [5.74, 6) is 0.197. The van der Waals surface area contributed by atoms with Crippen LogP contribution in [0.25, 0.3) is 0 Å². The highest BCUT2D eigenvalue weighted by atomic mass is 16.6. The number of rotatable bonds is 5. The molecule has 1 aliphatic carbocycles. The van der Waals surface area contributed by atoms with Crippen molar-refractivity contribution in [3.05, 3.63) is 10.1 Å². The van der Waals surface area contributed by atoms with Gasteiger partial charge in [0.15, 0.2) is 0 Å². The average molecular weight is 213 g/mol. The number of Topliss-reactive ketones (excluding diaryl/α,β-unsaturated/α-hetero) is 1. The third-order valence-electron chi connectivity index (χ3n) is 3.19. The monoisotopic (exact) mass is 213 g/mol. The summed E-state index contributed by atoms with van der Waals surface area (Å²) in [6.07, 6.45) is 5.22. The van der Waals surface area contributed by atoms with E-state index in [0.29, 0.717) is 19.3 Å². The van der Waals surface area contributed by atoms with E-state index in [-0.39, 0.29) is 16.6 Å². The van der Waals surface area contributed by atoms with Crippen LogP contribution in [0, 0.1) is 16.0 Å². The highest BCUT2D eigenvalue weighted by Crippen LogP contribution is 2.28. The van der Waals surface area contributed by atoms with E-state index < -0.39 is 6.04 Å². The van der Waals surface area contributed by atoms with Crippen molar-refractivity contribution in [2.24, 2.45) is 5.92 Å². The predicted octanol–water partition coefficient (Wildman–Crippen LogP) is 2.58. The highest BCUT2D eigenvalue weighted by Gasteiger charge is 2.34. The Bertz CT molecular complexity index is 240. The summed E-state index contributed by atoms with van der Waals surface area (Å²) in [6.45, 7) is 2.03. The molecule has 1 rings (SSSR count). The molecule has 0 heterocycles. The molecule has 2 unspecified atom stereocenters. The Morgan fingerprint density at radius 1 is 1.60 bits per heavy atom. The van der Waals surface area contributed by atoms with Gasteiger partial charge in [-0.1, -0.05) is 13.3 Å². The third kappa shape index (κ3) is 3.61. The molecular weight excluding hydrogens is 194 g/mol. The fourth-order valence-corrected chi connectivity index (χ4v) is 2.31. The molecule has 0 spiro atoms. The average Bonchev–Trinajstić information content (AvgIpc) is 2.18. The van der Waals surface area contributed by atoms with E-state index >= 15 is 0 Å². The predicted molar refractivity (Wildman–Crippen MR) is 57.3 cm³/mol. The van der Waals surface area contributed by atoms with E-state index in [1.807, 2.05) is 6.92 Å². The van der Waals surface area contributed by atoms with Gasteiger partial charge in [0.25, 0.3) is 0 Å². The van der Waals surface area contributed by atoms with Crippen LogP contribution in [0.2, 0.25) is 0 Å². The SMILES string of the molecule is CCCCC(C1CCCC(=O)C1)[N+](=O)[O-]. The van der Waals surface area contributed by atoms with Gasteiger partial charge in [0.2, 0.25) is 6.04 Å². The summed E-state index contributed by atoms with van der Waals surface area (Å²) in [7, 11) is 0. The highest BCUT2D eigenvalue weighted by molar-refractivity contribution is 5.79. The fourth-order valence-electron chi connectivity index (χ4n) is 2.31. The van der Waals surface area contributed by atoms with Crippen molar-refractivity contribution >= 4 is 5.78 Å². The van der Waals surface area contributed by atoms with Gasteiger partial charge in [0.05, 0.1) is 0 Å².